The van der Waals surface area contributed by atoms with E-state index in [-0.39, 0.29) is 17.2 Å². The average Bonchev–Trinajstić information content (AvgIpc) is 3.20. The molecule has 0 aliphatic rings. The molecule has 294 valence electrons. The first kappa shape index (κ1) is 42.6. The Labute approximate surface area is 327 Å². The summed E-state index contributed by atoms with van der Waals surface area (Å²) in [6.07, 6.45) is 19.9. The number of carbonyl (C=O) groups excluding carboxylic acids is 3. The van der Waals surface area contributed by atoms with E-state index in [4.69, 9.17) is 18.9 Å². The molecule has 0 saturated heterocycles. The maximum Gasteiger partial charge on any atom is 0.343 e. The van der Waals surface area contributed by atoms with Crippen molar-refractivity contribution < 1.29 is 33.3 Å². The number of hydrogen-bond donors (Lipinski definition) is 1. The van der Waals surface area contributed by atoms with Gasteiger partial charge in [0.05, 0.1) is 24.3 Å². The van der Waals surface area contributed by atoms with Crippen molar-refractivity contribution >= 4 is 23.5 Å². The molecule has 0 radical (unpaired) electrons. The number of rotatable bonds is 26. The monoisotopic (exact) mass is 749 g/mol. The molecule has 0 bridgehead atoms. The van der Waals surface area contributed by atoms with E-state index in [1.54, 1.807) is 60.7 Å². The van der Waals surface area contributed by atoms with Gasteiger partial charge in [-0.25, -0.2) is 9.59 Å². The molecule has 0 aliphatic heterocycles. The second-order valence-electron chi connectivity index (χ2n) is 14.0. The molecule has 0 fully saturated rings. The Hall–Kier alpha value is -5.11. The van der Waals surface area contributed by atoms with Gasteiger partial charge in [-0.1, -0.05) is 110 Å². The highest BCUT2D eigenvalue weighted by Gasteiger charge is 2.13. The number of esters is 2. The van der Waals surface area contributed by atoms with Crippen molar-refractivity contribution in [2.24, 2.45) is 0 Å². The zero-order chi connectivity index (χ0) is 38.9. The predicted molar refractivity (Wildman–Crippen MR) is 220 cm³/mol. The fourth-order valence-corrected chi connectivity index (χ4v) is 6.07. The Morgan fingerprint density at radius 1 is 0.436 bits per heavy atom. The molecule has 0 saturated carbocycles. The normalized spacial score (nSPS) is 10.8. The summed E-state index contributed by atoms with van der Waals surface area (Å²) in [5.74, 6) is 0.640. The van der Waals surface area contributed by atoms with Crippen LogP contribution in [0.25, 0.3) is 0 Å². The van der Waals surface area contributed by atoms with E-state index in [2.05, 4.69) is 19.2 Å². The maximum atomic E-state index is 12.9. The summed E-state index contributed by atoms with van der Waals surface area (Å²) in [5.41, 5.74) is 1.72. The van der Waals surface area contributed by atoms with Crippen molar-refractivity contribution in [1.29, 1.82) is 0 Å². The van der Waals surface area contributed by atoms with Crippen LogP contribution >= 0.6 is 0 Å². The van der Waals surface area contributed by atoms with Crippen LogP contribution in [0.4, 0.5) is 5.69 Å². The van der Waals surface area contributed by atoms with E-state index in [9.17, 15) is 14.4 Å². The van der Waals surface area contributed by atoms with E-state index in [0.29, 0.717) is 41.5 Å². The van der Waals surface area contributed by atoms with Gasteiger partial charge in [0.15, 0.2) is 0 Å². The summed E-state index contributed by atoms with van der Waals surface area (Å²) in [7, 11) is 0. The minimum Gasteiger partial charge on any atom is -0.494 e. The van der Waals surface area contributed by atoms with Crippen molar-refractivity contribution in [3.63, 3.8) is 0 Å². The number of anilines is 1. The fourth-order valence-electron chi connectivity index (χ4n) is 6.07. The molecule has 1 N–H and O–H groups in total. The molecule has 0 unspecified atom stereocenters. The molecule has 0 atom stereocenters. The van der Waals surface area contributed by atoms with Crippen LogP contribution in [0.5, 0.6) is 23.0 Å². The highest BCUT2D eigenvalue weighted by atomic mass is 16.5. The van der Waals surface area contributed by atoms with Crippen molar-refractivity contribution in [2.75, 3.05) is 18.5 Å². The number of carbonyl (C=O) groups is 3. The number of unbranched alkanes of at least 4 members (excludes halogenated alkanes) is 14. The summed E-state index contributed by atoms with van der Waals surface area (Å²) < 4.78 is 22.8. The molecule has 0 aromatic heterocycles. The van der Waals surface area contributed by atoms with Crippen LogP contribution in [0.2, 0.25) is 0 Å². The summed E-state index contributed by atoms with van der Waals surface area (Å²) in [5, 5.41) is 2.89. The highest BCUT2D eigenvalue weighted by molar-refractivity contribution is 6.04. The third-order valence-corrected chi connectivity index (χ3v) is 9.34. The Morgan fingerprint density at radius 3 is 1.31 bits per heavy atom. The van der Waals surface area contributed by atoms with Gasteiger partial charge >= 0.3 is 11.9 Å². The lowest BCUT2D eigenvalue weighted by Crippen LogP contribution is -2.12. The quantitative estimate of drug-likeness (QED) is 0.0387. The van der Waals surface area contributed by atoms with Crippen LogP contribution in [0.15, 0.2) is 97.1 Å². The molecule has 1 amide bonds. The van der Waals surface area contributed by atoms with E-state index in [0.717, 1.165) is 31.4 Å². The number of ether oxygens (including phenoxy) is 4. The van der Waals surface area contributed by atoms with Crippen LogP contribution in [-0.2, 0) is 0 Å². The van der Waals surface area contributed by atoms with Gasteiger partial charge < -0.3 is 24.3 Å². The van der Waals surface area contributed by atoms with Gasteiger partial charge in [0.1, 0.15) is 23.0 Å². The van der Waals surface area contributed by atoms with Crippen molar-refractivity contribution in [3.05, 3.63) is 114 Å². The number of benzene rings is 4. The number of nitrogens with one attached hydrogen (secondary N) is 1. The number of amides is 1. The van der Waals surface area contributed by atoms with Gasteiger partial charge in [0, 0.05) is 17.3 Å². The van der Waals surface area contributed by atoms with Crippen LogP contribution in [0.1, 0.15) is 148 Å². The summed E-state index contributed by atoms with van der Waals surface area (Å²) in [6, 6.07) is 26.7. The lowest BCUT2D eigenvalue weighted by molar-refractivity contribution is 0.0730. The summed E-state index contributed by atoms with van der Waals surface area (Å²) in [6.45, 7) is 5.76. The van der Waals surface area contributed by atoms with Gasteiger partial charge in [-0.3, -0.25) is 4.79 Å². The van der Waals surface area contributed by atoms with E-state index in [1.165, 1.54) is 89.2 Å². The van der Waals surface area contributed by atoms with Gasteiger partial charge in [-0.15, -0.1) is 0 Å². The van der Waals surface area contributed by atoms with Gasteiger partial charge in [0.2, 0.25) is 0 Å². The smallest absolute Gasteiger partial charge is 0.343 e. The third-order valence-electron chi connectivity index (χ3n) is 9.34. The topological polar surface area (TPSA) is 100 Å². The zero-order valence-electron chi connectivity index (χ0n) is 32.8. The Kier molecular flexibility index (Phi) is 19.4. The fraction of sp³-hybridized carbons (Fsp3) is 0.426. The summed E-state index contributed by atoms with van der Waals surface area (Å²) in [4.78, 5) is 38.4. The Balaban J connectivity index is 1.14. The van der Waals surface area contributed by atoms with Crippen LogP contribution in [0.3, 0.4) is 0 Å². The Morgan fingerprint density at radius 2 is 0.836 bits per heavy atom. The molecular formula is C47H59NO7. The standard InChI is InChI=1S/C47H59NO7/c1-3-5-7-9-11-12-13-14-16-17-34-52-41-28-24-38(25-29-41)46(50)55-43-32-26-39(27-33-43)47(51)54-42-30-22-37(23-31-42)45(49)48-40-20-19-21-44(36-40)53-35-18-15-10-8-6-4-2/h19-33,36H,3-18,34-35H2,1-2H3,(H,48,49). The van der Waals surface area contributed by atoms with Crippen molar-refractivity contribution in [1.82, 2.24) is 0 Å². The predicted octanol–water partition coefficient (Wildman–Crippen LogP) is 12.4. The first-order chi connectivity index (χ1) is 26.9. The van der Waals surface area contributed by atoms with Crippen molar-refractivity contribution in [2.45, 2.75) is 117 Å². The van der Waals surface area contributed by atoms with Crippen LogP contribution in [-0.4, -0.2) is 31.1 Å². The van der Waals surface area contributed by atoms with Gasteiger partial charge in [-0.05, 0) is 97.8 Å². The van der Waals surface area contributed by atoms with E-state index in [1.807, 2.05) is 24.3 Å². The van der Waals surface area contributed by atoms with E-state index >= 15 is 0 Å². The second-order valence-corrected chi connectivity index (χ2v) is 14.0. The lowest BCUT2D eigenvalue weighted by Gasteiger charge is -2.10. The van der Waals surface area contributed by atoms with Gasteiger partial charge in [0.25, 0.3) is 5.91 Å². The summed E-state index contributed by atoms with van der Waals surface area (Å²) >= 11 is 0. The second kappa shape index (κ2) is 25.1. The molecule has 4 aromatic rings. The lowest BCUT2D eigenvalue weighted by atomic mass is 10.1. The van der Waals surface area contributed by atoms with Gasteiger partial charge in [-0.2, -0.15) is 0 Å². The first-order valence-corrected chi connectivity index (χ1v) is 20.4. The molecule has 0 spiro atoms. The molecule has 4 rings (SSSR count). The molecule has 55 heavy (non-hydrogen) atoms. The average molecular weight is 750 g/mol. The Bertz CT molecular complexity index is 1700. The minimum atomic E-state index is -0.582. The highest BCUT2D eigenvalue weighted by Crippen LogP contribution is 2.22. The zero-order valence-corrected chi connectivity index (χ0v) is 32.8. The van der Waals surface area contributed by atoms with Crippen LogP contribution in [0, 0.1) is 0 Å². The number of hydrogen-bond acceptors (Lipinski definition) is 7. The van der Waals surface area contributed by atoms with E-state index < -0.39 is 11.9 Å². The maximum absolute atomic E-state index is 12.9. The third kappa shape index (κ3) is 16.4. The SMILES string of the molecule is CCCCCCCCCCCCOc1ccc(C(=O)Oc2ccc(C(=O)Oc3ccc(C(=O)Nc4cccc(OCCCCCCCC)c4)cc3)cc2)cc1. The molecule has 0 heterocycles. The molecular weight excluding hydrogens is 691 g/mol. The molecule has 4 aromatic carbocycles. The molecule has 0 aliphatic carbocycles. The minimum absolute atomic E-state index is 0.282. The van der Waals surface area contributed by atoms with Crippen LogP contribution < -0.4 is 24.3 Å². The largest absolute Gasteiger partial charge is 0.494 e. The molecule has 8 heteroatoms. The molecule has 8 nitrogen and oxygen atoms in total. The van der Waals surface area contributed by atoms with Crippen molar-refractivity contribution in [3.8, 4) is 23.0 Å². The first-order valence-electron chi connectivity index (χ1n) is 20.4.